The van der Waals surface area contributed by atoms with Crippen LogP contribution in [-0.2, 0) is 14.3 Å². The van der Waals surface area contributed by atoms with Crippen LogP contribution in [0.3, 0.4) is 0 Å². The van der Waals surface area contributed by atoms with Crippen LogP contribution in [0.4, 0.5) is 13.2 Å². The van der Waals surface area contributed by atoms with E-state index in [9.17, 15) is 21.6 Å². The molecule has 4 fully saturated rings. The molecule has 3 nitrogen and oxygen atoms in total. The third kappa shape index (κ3) is 1.95. The maximum atomic E-state index is 12.3. The van der Waals surface area contributed by atoms with Gasteiger partial charge >= 0.3 is 15.6 Å². The summed E-state index contributed by atoms with van der Waals surface area (Å²) in [5.41, 5.74) is -5.30. The minimum atomic E-state index is -5.44. The van der Waals surface area contributed by atoms with Gasteiger partial charge in [-0.15, -0.1) is 0 Å². The van der Waals surface area contributed by atoms with Crippen LogP contribution in [0.25, 0.3) is 0 Å². The van der Waals surface area contributed by atoms with Crippen LogP contribution in [-0.4, -0.2) is 20.0 Å². The molecule has 4 bridgehead atoms. The van der Waals surface area contributed by atoms with Gasteiger partial charge in [0.1, 0.15) is 0 Å². The van der Waals surface area contributed by atoms with E-state index in [-0.39, 0.29) is 11.8 Å². The van der Waals surface area contributed by atoms with Crippen molar-refractivity contribution in [2.24, 2.45) is 23.7 Å². The van der Waals surface area contributed by atoms with Crippen molar-refractivity contribution in [2.45, 2.75) is 43.7 Å². The Balaban J connectivity index is 1.78. The highest BCUT2D eigenvalue weighted by Crippen LogP contribution is 2.55. The van der Waals surface area contributed by atoms with E-state index in [1.807, 2.05) is 0 Å². The number of alkyl halides is 3. The lowest BCUT2D eigenvalue weighted by Crippen LogP contribution is -2.50. The summed E-state index contributed by atoms with van der Waals surface area (Å²) < 4.78 is 63.7. The van der Waals surface area contributed by atoms with E-state index in [1.54, 1.807) is 0 Å². The molecule has 4 aliphatic carbocycles. The summed E-state index contributed by atoms with van der Waals surface area (Å²) in [6.07, 6.45) is 3.71. The van der Waals surface area contributed by atoms with Gasteiger partial charge < -0.3 is 0 Å². The average Bonchev–Trinajstić information content (AvgIpc) is 2.20. The Morgan fingerprint density at radius 2 is 1.33 bits per heavy atom. The van der Waals surface area contributed by atoms with Crippen LogP contribution in [0.5, 0.6) is 0 Å². The van der Waals surface area contributed by atoms with E-state index in [0.717, 1.165) is 32.1 Å². The van der Waals surface area contributed by atoms with Gasteiger partial charge in [-0.25, -0.2) is 0 Å². The van der Waals surface area contributed by atoms with E-state index in [1.165, 1.54) is 0 Å². The second-order valence-electron chi connectivity index (χ2n) is 5.89. The van der Waals surface area contributed by atoms with Crippen molar-refractivity contribution in [2.75, 3.05) is 0 Å². The molecule has 0 N–H and O–H groups in total. The van der Waals surface area contributed by atoms with Gasteiger partial charge in [-0.3, -0.25) is 4.18 Å². The quantitative estimate of drug-likeness (QED) is 0.578. The molecule has 0 aliphatic heterocycles. The Bertz CT molecular complexity index is 415. The van der Waals surface area contributed by atoms with Gasteiger partial charge in [-0.2, -0.15) is 21.6 Å². The molecule has 0 aromatic carbocycles. The molecular weight excluding hydrogens is 269 g/mol. The van der Waals surface area contributed by atoms with Gasteiger partial charge in [-0.05, 0) is 55.8 Å². The summed E-state index contributed by atoms with van der Waals surface area (Å²) in [4.78, 5) is 0. The molecule has 4 aliphatic rings. The molecule has 0 heterocycles. The Labute approximate surface area is 104 Å². The topological polar surface area (TPSA) is 43.4 Å². The first kappa shape index (κ1) is 12.7. The number of halogens is 3. The molecule has 4 saturated carbocycles. The fraction of sp³-hybridized carbons (Fsp3) is 1.00. The van der Waals surface area contributed by atoms with Gasteiger partial charge in [-0.1, -0.05) is 0 Å². The number of rotatable bonds is 2. The first-order chi connectivity index (χ1) is 8.26. The maximum absolute atomic E-state index is 12.3. The molecule has 0 saturated heterocycles. The second-order valence-corrected chi connectivity index (χ2v) is 7.46. The van der Waals surface area contributed by atoms with Crippen molar-refractivity contribution in [3.8, 4) is 0 Å². The van der Waals surface area contributed by atoms with E-state index in [0.29, 0.717) is 11.8 Å². The highest BCUT2D eigenvalue weighted by Gasteiger charge is 2.55. The Kier molecular flexibility index (Phi) is 2.72. The zero-order valence-electron chi connectivity index (χ0n) is 9.69. The van der Waals surface area contributed by atoms with Gasteiger partial charge in [0, 0.05) is 0 Å². The third-order valence-corrected chi connectivity index (χ3v) is 5.70. The smallest absolute Gasteiger partial charge is 0.259 e. The molecule has 0 radical (unpaired) electrons. The summed E-state index contributed by atoms with van der Waals surface area (Å²) >= 11 is 0. The Hall–Kier alpha value is -0.300. The summed E-state index contributed by atoms with van der Waals surface area (Å²) in [5.74, 6) is 1.14. The molecule has 0 unspecified atom stereocenters. The molecule has 4 rings (SSSR count). The van der Waals surface area contributed by atoms with E-state index in [2.05, 4.69) is 4.18 Å². The molecule has 0 amide bonds. The standard InChI is InChI=1S/C11H15F3O3S/c12-11(13,14)18(15,16)17-10-8-2-6-1-7(4-8)5-9(10)3-6/h6-10H,1-5H2. The minimum Gasteiger partial charge on any atom is -0.259 e. The minimum absolute atomic E-state index is 0.00150. The summed E-state index contributed by atoms with van der Waals surface area (Å²) in [6.45, 7) is 0. The number of hydrogen-bond acceptors (Lipinski definition) is 3. The summed E-state index contributed by atoms with van der Waals surface area (Å²) in [5, 5.41) is 0. The zero-order chi connectivity index (χ0) is 13.1. The first-order valence-electron chi connectivity index (χ1n) is 6.26. The normalized spacial score (nSPS) is 43.4. The van der Waals surface area contributed by atoms with Crippen LogP contribution in [0.15, 0.2) is 0 Å². The molecular formula is C11H15F3O3S. The van der Waals surface area contributed by atoms with Crippen LogP contribution in [0, 0.1) is 23.7 Å². The zero-order valence-corrected chi connectivity index (χ0v) is 10.5. The SMILES string of the molecule is O=S(=O)(OC1C2CC3CC(C2)CC1C3)C(F)(F)F. The maximum Gasteiger partial charge on any atom is 0.523 e. The van der Waals surface area contributed by atoms with Crippen molar-refractivity contribution in [1.29, 1.82) is 0 Å². The molecule has 18 heavy (non-hydrogen) atoms. The second kappa shape index (κ2) is 3.85. The molecule has 104 valence electrons. The van der Waals surface area contributed by atoms with E-state index in [4.69, 9.17) is 0 Å². The lowest BCUT2D eigenvalue weighted by molar-refractivity contribution is -0.0979. The van der Waals surface area contributed by atoms with Crippen molar-refractivity contribution in [3.05, 3.63) is 0 Å². The van der Waals surface area contributed by atoms with E-state index >= 15 is 0 Å². The average molecular weight is 284 g/mol. The first-order valence-corrected chi connectivity index (χ1v) is 7.66. The summed E-state index contributed by atoms with van der Waals surface area (Å²) in [7, 11) is -5.44. The predicted molar refractivity (Wildman–Crippen MR) is 56.9 cm³/mol. The van der Waals surface area contributed by atoms with Crippen molar-refractivity contribution < 1.29 is 25.8 Å². The Morgan fingerprint density at radius 1 is 0.889 bits per heavy atom. The van der Waals surface area contributed by atoms with Crippen molar-refractivity contribution >= 4 is 10.1 Å². The molecule has 0 spiro atoms. The highest BCUT2D eigenvalue weighted by molar-refractivity contribution is 7.87. The molecule has 0 aromatic rings. The lowest BCUT2D eigenvalue weighted by atomic mass is 9.55. The Morgan fingerprint density at radius 3 is 1.72 bits per heavy atom. The van der Waals surface area contributed by atoms with Gasteiger partial charge in [0.15, 0.2) is 0 Å². The van der Waals surface area contributed by atoms with Crippen LogP contribution < -0.4 is 0 Å². The van der Waals surface area contributed by atoms with Crippen LogP contribution >= 0.6 is 0 Å². The van der Waals surface area contributed by atoms with Crippen LogP contribution in [0.1, 0.15) is 32.1 Å². The molecule has 0 atom stereocenters. The fourth-order valence-electron chi connectivity index (χ4n) is 4.23. The van der Waals surface area contributed by atoms with E-state index < -0.39 is 21.7 Å². The molecule has 7 heteroatoms. The largest absolute Gasteiger partial charge is 0.523 e. The van der Waals surface area contributed by atoms with Crippen LogP contribution in [0.2, 0.25) is 0 Å². The predicted octanol–water partition coefficient (Wildman–Crippen LogP) is 2.68. The van der Waals surface area contributed by atoms with Gasteiger partial charge in [0.2, 0.25) is 0 Å². The summed E-state index contributed by atoms with van der Waals surface area (Å²) in [6, 6.07) is 0. The van der Waals surface area contributed by atoms with Gasteiger partial charge in [0.05, 0.1) is 6.10 Å². The highest BCUT2D eigenvalue weighted by atomic mass is 32.2. The lowest BCUT2D eigenvalue weighted by Gasteiger charge is -2.53. The fourth-order valence-corrected chi connectivity index (χ4v) is 4.95. The monoisotopic (exact) mass is 284 g/mol. The number of hydrogen-bond donors (Lipinski definition) is 0. The van der Waals surface area contributed by atoms with Crippen molar-refractivity contribution in [1.82, 2.24) is 0 Å². The third-order valence-electron chi connectivity index (χ3n) is 4.66. The van der Waals surface area contributed by atoms with Crippen molar-refractivity contribution in [3.63, 3.8) is 0 Å². The van der Waals surface area contributed by atoms with Gasteiger partial charge in [0.25, 0.3) is 0 Å². The molecule has 0 aromatic heterocycles.